The van der Waals surface area contributed by atoms with Crippen LogP contribution in [0.15, 0.2) is 54.6 Å². The van der Waals surface area contributed by atoms with Gasteiger partial charge in [-0.25, -0.2) is 9.79 Å². The van der Waals surface area contributed by atoms with Gasteiger partial charge in [-0.3, -0.25) is 14.6 Å². The number of nitrogens with zero attached hydrogens (tertiary/aromatic N) is 2. The second-order valence-corrected chi connectivity index (χ2v) is 9.40. The third-order valence-corrected chi connectivity index (χ3v) is 6.67. The molecule has 2 aromatic rings. The summed E-state index contributed by atoms with van der Waals surface area (Å²) in [7, 11) is -4.43. The summed E-state index contributed by atoms with van der Waals surface area (Å²) in [6.45, 7) is 5.29. The first kappa shape index (κ1) is 23.8. The molecule has 3 rings (SSSR count). The topological polar surface area (TPSA) is 110 Å². The van der Waals surface area contributed by atoms with E-state index in [1.807, 2.05) is 36.4 Å². The Kier molecular flexibility index (Phi) is 7.55. The molecule has 1 aliphatic rings. The minimum Gasteiger partial charge on any atom is -0.371 e. The van der Waals surface area contributed by atoms with E-state index in [9.17, 15) is 17.8 Å². The lowest BCUT2D eigenvalue weighted by Crippen LogP contribution is -2.47. The van der Waals surface area contributed by atoms with Crippen LogP contribution in [-0.2, 0) is 15.1 Å². The first-order chi connectivity index (χ1) is 15.2. The van der Waals surface area contributed by atoms with Gasteiger partial charge in [-0.05, 0) is 54.2 Å². The first-order valence-electron chi connectivity index (χ1n) is 10.5. The van der Waals surface area contributed by atoms with E-state index in [-0.39, 0.29) is 6.04 Å². The third kappa shape index (κ3) is 5.67. The molecule has 8 nitrogen and oxygen atoms in total. The van der Waals surface area contributed by atoms with E-state index in [4.69, 9.17) is 5.21 Å². The Morgan fingerprint density at radius 1 is 1.12 bits per heavy atom. The molecule has 0 spiro atoms. The number of rotatable bonds is 7. The van der Waals surface area contributed by atoms with Gasteiger partial charge < -0.3 is 4.90 Å². The van der Waals surface area contributed by atoms with Crippen molar-refractivity contribution in [3.63, 3.8) is 0 Å². The number of anilines is 2. The van der Waals surface area contributed by atoms with Gasteiger partial charge in [0.1, 0.15) is 0 Å². The van der Waals surface area contributed by atoms with E-state index in [2.05, 4.69) is 18.7 Å². The molecule has 0 saturated carbocycles. The number of piperidine rings is 1. The number of carbonyl (C=O) groups is 1. The van der Waals surface area contributed by atoms with Crippen molar-refractivity contribution in [3.05, 3.63) is 65.7 Å². The number of amides is 1. The Labute approximate surface area is 189 Å². The van der Waals surface area contributed by atoms with Gasteiger partial charge in [-0.1, -0.05) is 44.2 Å². The van der Waals surface area contributed by atoms with Crippen LogP contribution < -0.4 is 14.7 Å². The Balaban J connectivity index is 1.78. The molecule has 0 aromatic heterocycles. The van der Waals surface area contributed by atoms with E-state index < -0.39 is 16.2 Å². The van der Waals surface area contributed by atoms with Crippen molar-refractivity contribution in [2.45, 2.75) is 38.6 Å². The smallest absolute Gasteiger partial charge is 0.360 e. The molecule has 2 aromatic carbocycles. The van der Waals surface area contributed by atoms with Crippen LogP contribution in [0.3, 0.4) is 0 Å². The van der Waals surface area contributed by atoms with Crippen LogP contribution >= 0.6 is 0 Å². The summed E-state index contributed by atoms with van der Waals surface area (Å²) < 4.78 is 35.5. The minimum absolute atomic E-state index is 0.323. The lowest BCUT2D eigenvalue weighted by Gasteiger charge is -2.39. The Morgan fingerprint density at radius 3 is 2.31 bits per heavy atom. The van der Waals surface area contributed by atoms with Gasteiger partial charge in [0.15, 0.2) is 0 Å². The number of nitrogens with one attached hydrogen (secondary N) is 1. The Hall–Kier alpha value is -2.88. The van der Waals surface area contributed by atoms with Gasteiger partial charge in [0.25, 0.3) is 5.91 Å². The summed E-state index contributed by atoms with van der Waals surface area (Å²) in [4.78, 5) is 13.5. The molecule has 0 atom stereocenters. The molecule has 1 heterocycles. The number of hydrogen-bond acceptors (Lipinski definition) is 5. The number of hydrogen-bond donors (Lipinski definition) is 3. The van der Waals surface area contributed by atoms with Crippen molar-refractivity contribution >= 4 is 33.7 Å². The zero-order chi connectivity index (χ0) is 23.3. The van der Waals surface area contributed by atoms with Crippen molar-refractivity contribution in [1.82, 2.24) is 5.48 Å². The number of carbonyl (C=O) groups excluding carboxylic acids is 1. The Bertz CT molecular complexity index is 1060. The van der Waals surface area contributed by atoms with Gasteiger partial charge >= 0.3 is 10.3 Å². The van der Waals surface area contributed by atoms with Crippen LogP contribution in [0.25, 0.3) is 6.08 Å². The van der Waals surface area contributed by atoms with Crippen LogP contribution in [-0.4, -0.2) is 43.2 Å². The highest BCUT2D eigenvalue weighted by Crippen LogP contribution is 2.31. The molecule has 1 aliphatic heterocycles. The molecule has 0 aliphatic carbocycles. The maximum Gasteiger partial charge on any atom is 0.360 e. The molecule has 9 heteroatoms. The SMILES string of the molecule is CC(C)c1ccc(N(C2CCN(c3ccccc3/C=C/C(=O)NO)CC2)S(=O)(=O)O)cc1. The van der Waals surface area contributed by atoms with Gasteiger partial charge in [0.2, 0.25) is 0 Å². The normalized spacial score (nSPS) is 15.3. The molecule has 1 saturated heterocycles. The average molecular weight is 460 g/mol. The number of hydroxylamine groups is 1. The van der Waals surface area contributed by atoms with Gasteiger partial charge in [-0.15, -0.1) is 0 Å². The van der Waals surface area contributed by atoms with Crippen LogP contribution in [0.4, 0.5) is 11.4 Å². The van der Waals surface area contributed by atoms with Crippen LogP contribution in [0, 0.1) is 0 Å². The lowest BCUT2D eigenvalue weighted by atomic mass is 10.0. The standard InChI is InChI=1S/C23H29N3O5S/c1-17(2)18-7-10-20(11-8-18)26(32(29,30)31)21-13-15-25(16-14-21)22-6-4-3-5-19(22)9-12-23(27)24-28/h3-12,17,21,28H,13-16H2,1-2H3,(H,24,27)(H,29,30,31)/b12-9+. The molecule has 172 valence electrons. The van der Waals surface area contributed by atoms with Crippen molar-refractivity contribution in [1.29, 1.82) is 0 Å². The van der Waals surface area contributed by atoms with Crippen LogP contribution in [0.1, 0.15) is 43.7 Å². The molecular formula is C23H29N3O5S. The second kappa shape index (κ2) is 10.2. The molecule has 0 unspecified atom stereocenters. The molecule has 0 radical (unpaired) electrons. The zero-order valence-corrected chi connectivity index (χ0v) is 19.0. The summed E-state index contributed by atoms with van der Waals surface area (Å²) >= 11 is 0. The largest absolute Gasteiger partial charge is 0.371 e. The summed E-state index contributed by atoms with van der Waals surface area (Å²) in [6, 6.07) is 14.4. The number of benzene rings is 2. The Morgan fingerprint density at radius 2 is 1.75 bits per heavy atom. The average Bonchev–Trinajstić information content (AvgIpc) is 2.77. The fourth-order valence-corrected chi connectivity index (χ4v) is 4.97. The van der Waals surface area contributed by atoms with E-state index in [0.717, 1.165) is 21.1 Å². The minimum atomic E-state index is -4.43. The van der Waals surface area contributed by atoms with Gasteiger partial charge in [0.05, 0.1) is 11.7 Å². The molecule has 1 fully saturated rings. The summed E-state index contributed by atoms with van der Waals surface area (Å²) in [5.41, 5.74) is 4.83. The highest BCUT2D eigenvalue weighted by atomic mass is 32.2. The van der Waals surface area contributed by atoms with Crippen LogP contribution in [0.2, 0.25) is 0 Å². The van der Waals surface area contributed by atoms with Crippen molar-refractivity contribution in [2.75, 3.05) is 22.3 Å². The molecule has 32 heavy (non-hydrogen) atoms. The summed E-state index contributed by atoms with van der Waals surface area (Å²) in [5.74, 6) is -0.296. The fourth-order valence-electron chi connectivity index (χ4n) is 4.00. The van der Waals surface area contributed by atoms with E-state index in [1.165, 1.54) is 6.08 Å². The van der Waals surface area contributed by atoms with E-state index in [0.29, 0.717) is 37.5 Å². The second-order valence-electron chi connectivity index (χ2n) is 8.11. The van der Waals surface area contributed by atoms with E-state index in [1.54, 1.807) is 23.7 Å². The highest BCUT2D eigenvalue weighted by Gasteiger charge is 2.32. The maximum atomic E-state index is 12.2. The fraction of sp³-hybridized carbons (Fsp3) is 0.348. The predicted octanol–water partition coefficient (Wildman–Crippen LogP) is 3.61. The van der Waals surface area contributed by atoms with Crippen LogP contribution in [0.5, 0.6) is 0 Å². The summed E-state index contributed by atoms with van der Waals surface area (Å²) in [6.07, 6.45) is 3.92. The molecular weight excluding hydrogens is 430 g/mol. The quantitative estimate of drug-likeness (QED) is 0.253. The van der Waals surface area contributed by atoms with Crippen molar-refractivity contribution < 1.29 is 23.0 Å². The van der Waals surface area contributed by atoms with Crippen molar-refractivity contribution in [3.8, 4) is 0 Å². The molecule has 0 bridgehead atoms. The van der Waals surface area contributed by atoms with Crippen molar-refractivity contribution in [2.24, 2.45) is 0 Å². The predicted molar refractivity (Wildman–Crippen MR) is 125 cm³/mol. The highest BCUT2D eigenvalue weighted by molar-refractivity contribution is 7.87. The van der Waals surface area contributed by atoms with E-state index >= 15 is 0 Å². The lowest BCUT2D eigenvalue weighted by molar-refractivity contribution is -0.124. The monoisotopic (exact) mass is 459 g/mol. The first-order valence-corrected chi connectivity index (χ1v) is 11.9. The number of para-hydroxylation sites is 1. The third-order valence-electron chi connectivity index (χ3n) is 5.66. The zero-order valence-electron chi connectivity index (χ0n) is 18.2. The molecule has 3 N–H and O–H groups in total. The summed E-state index contributed by atoms with van der Waals surface area (Å²) in [5, 5.41) is 8.68. The van der Waals surface area contributed by atoms with Gasteiger partial charge in [-0.2, -0.15) is 8.42 Å². The van der Waals surface area contributed by atoms with Gasteiger partial charge in [0, 0.05) is 24.9 Å². The molecule has 1 amide bonds. The maximum absolute atomic E-state index is 12.2.